The first-order chi connectivity index (χ1) is 12.9. The van der Waals surface area contributed by atoms with Crippen molar-refractivity contribution in [3.8, 4) is 0 Å². The topological polar surface area (TPSA) is 41.6 Å². The number of anilines is 1. The van der Waals surface area contributed by atoms with E-state index in [9.17, 15) is 18.0 Å². The number of cyclic esters (lactones) is 1. The summed E-state index contributed by atoms with van der Waals surface area (Å²) in [6.07, 6.45) is -5.14. The third-order valence-electron chi connectivity index (χ3n) is 5.06. The number of carbonyl (C=O) groups excluding carboxylic acids is 1. The van der Waals surface area contributed by atoms with Crippen LogP contribution in [-0.4, -0.2) is 32.1 Å². The Morgan fingerprint density at radius 3 is 2.54 bits per heavy atom. The molecule has 0 saturated carbocycles. The van der Waals surface area contributed by atoms with Crippen molar-refractivity contribution in [2.45, 2.75) is 18.7 Å². The Morgan fingerprint density at radius 2 is 1.82 bits per heavy atom. The Labute approximate surface area is 167 Å². The van der Waals surface area contributed by atoms with E-state index in [-0.39, 0.29) is 24.4 Å². The molecule has 0 radical (unpaired) electrons. The number of fused-ring (bicyclic) bond motifs is 1. The van der Waals surface area contributed by atoms with Crippen LogP contribution < -0.4 is 10.2 Å². The third-order valence-corrected chi connectivity index (χ3v) is 5.06. The van der Waals surface area contributed by atoms with Crippen LogP contribution in [0.25, 0.3) is 0 Å². The quantitative estimate of drug-likeness (QED) is 0.774. The maximum absolute atomic E-state index is 13.2. The summed E-state index contributed by atoms with van der Waals surface area (Å²) in [4.78, 5) is 14.5. The molecule has 0 aliphatic carbocycles. The van der Waals surface area contributed by atoms with Crippen molar-refractivity contribution in [2.75, 3.05) is 31.1 Å². The molecule has 2 aromatic carbocycles. The first kappa shape index (κ1) is 20.5. The molecule has 0 aromatic heterocycles. The van der Waals surface area contributed by atoms with E-state index in [4.69, 9.17) is 4.74 Å². The van der Waals surface area contributed by atoms with Gasteiger partial charge in [0.25, 0.3) is 0 Å². The number of nitrogens with zero attached hydrogens (tertiary/aromatic N) is 1. The summed E-state index contributed by atoms with van der Waals surface area (Å²) in [5, 5.41) is 3.27. The van der Waals surface area contributed by atoms with Gasteiger partial charge in [-0.25, -0.2) is 4.79 Å². The highest BCUT2D eigenvalue weighted by molar-refractivity contribution is 5.95. The van der Waals surface area contributed by atoms with Crippen molar-refractivity contribution in [2.24, 2.45) is 0 Å². The highest BCUT2D eigenvalue weighted by atomic mass is 35.5. The van der Waals surface area contributed by atoms with Crippen LogP contribution in [0, 0.1) is 0 Å². The largest absolute Gasteiger partial charge is 0.454 e. The smallest absolute Gasteiger partial charge is 0.416 e. The number of hydrogen-bond acceptors (Lipinski definition) is 4. The lowest BCUT2D eigenvalue weighted by Crippen LogP contribution is -2.43. The van der Waals surface area contributed by atoms with E-state index in [1.165, 1.54) is 12.1 Å². The number of nitrogens with one attached hydrogen (secondary N) is 1. The van der Waals surface area contributed by atoms with E-state index in [0.29, 0.717) is 11.1 Å². The molecule has 2 aliphatic heterocycles. The fourth-order valence-electron chi connectivity index (χ4n) is 3.70. The van der Waals surface area contributed by atoms with Crippen LogP contribution in [0.5, 0.6) is 0 Å². The third kappa shape index (κ3) is 3.95. The molecule has 0 amide bonds. The predicted octanol–water partition coefficient (Wildman–Crippen LogP) is 3.99. The Kier molecular flexibility index (Phi) is 5.86. The minimum atomic E-state index is -4.44. The van der Waals surface area contributed by atoms with E-state index >= 15 is 0 Å². The van der Waals surface area contributed by atoms with Crippen LogP contribution >= 0.6 is 12.4 Å². The van der Waals surface area contributed by atoms with Gasteiger partial charge in [0, 0.05) is 43.9 Å². The molecule has 2 aliphatic rings. The van der Waals surface area contributed by atoms with Crippen LogP contribution in [-0.2, 0) is 17.3 Å². The fraction of sp³-hybridized carbons (Fsp3) is 0.350. The number of benzene rings is 2. The van der Waals surface area contributed by atoms with Crippen molar-refractivity contribution in [1.82, 2.24) is 5.32 Å². The van der Waals surface area contributed by atoms with E-state index in [2.05, 4.69) is 10.2 Å². The number of alkyl halides is 3. The van der Waals surface area contributed by atoms with Crippen molar-refractivity contribution in [1.29, 1.82) is 0 Å². The van der Waals surface area contributed by atoms with Gasteiger partial charge in [-0.05, 0) is 23.8 Å². The zero-order valence-corrected chi connectivity index (χ0v) is 15.8. The van der Waals surface area contributed by atoms with Crippen molar-refractivity contribution in [3.05, 3.63) is 64.7 Å². The van der Waals surface area contributed by atoms with Crippen LogP contribution in [0.4, 0.5) is 18.9 Å². The van der Waals surface area contributed by atoms with Crippen LogP contribution in [0.2, 0.25) is 0 Å². The number of rotatable bonds is 3. The van der Waals surface area contributed by atoms with Crippen molar-refractivity contribution in [3.63, 3.8) is 0 Å². The summed E-state index contributed by atoms with van der Waals surface area (Å²) < 4.78 is 45.1. The van der Waals surface area contributed by atoms with Gasteiger partial charge < -0.3 is 15.0 Å². The maximum Gasteiger partial charge on any atom is 0.416 e. The maximum atomic E-state index is 13.2. The molecule has 8 heteroatoms. The molecule has 4 rings (SSSR count). The van der Waals surface area contributed by atoms with Crippen LogP contribution in [0.15, 0.2) is 42.5 Å². The molecule has 28 heavy (non-hydrogen) atoms. The van der Waals surface area contributed by atoms with Crippen LogP contribution in [0.3, 0.4) is 0 Å². The van der Waals surface area contributed by atoms with E-state index in [1.54, 1.807) is 18.2 Å². The number of piperazine rings is 1. The van der Waals surface area contributed by atoms with E-state index in [0.717, 1.165) is 37.9 Å². The minimum Gasteiger partial charge on any atom is -0.454 e. The summed E-state index contributed by atoms with van der Waals surface area (Å²) in [7, 11) is 0. The van der Waals surface area contributed by atoms with Gasteiger partial charge in [0.05, 0.1) is 11.1 Å². The zero-order valence-electron chi connectivity index (χ0n) is 15.0. The molecule has 4 nitrogen and oxygen atoms in total. The molecule has 1 fully saturated rings. The predicted molar refractivity (Wildman–Crippen MR) is 102 cm³/mol. The molecular weight excluding hydrogens is 393 g/mol. The lowest BCUT2D eigenvalue weighted by atomic mass is 9.95. The molecule has 1 saturated heterocycles. The molecule has 1 unspecified atom stereocenters. The Morgan fingerprint density at radius 1 is 1.11 bits per heavy atom. The summed E-state index contributed by atoms with van der Waals surface area (Å²) in [5.74, 6) is -0.475. The average molecular weight is 413 g/mol. The number of hydrogen-bond donors (Lipinski definition) is 1. The Balaban J connectivity index is 0.00000225. The second-order valence-electron chi connectivity index (χ2n) is 6.76. The Bertz CT molecular complexity index is 867. The van der Waals surface area contributed by atoms with Gasteiger partial charge in [-0.1, -0.05) is 24.3 Å². The molecular formula is C20H20ClF3N2O2. The number of halogens is 4. The summed E-state index contributed by atoms with van der Waals surface area (Å²) in [6, 6.07) is 10.9. The Hall–Kier alpha value is -2.25. The fourth-order valence-corrected chi connectivity index (χ4v) is 3.70. The molecule has 0 spiro atoms. The summed E-state index contributed by atoms with van der Waals surface area (Å²) in [6.45, 7) is 3.43. The lowest BCUT2D eigenvalue weighted by Gasteiger charge is -2.29. The van der Waals surface area contributed by atoms with E-state index < -0.39 is 23.8 Å². The minimum absolute atomic E-state index is 0. The van der Waals surface area contributed by atoms with Gasteiger partial charge in [0.15, 0.2) is 0 Å². The number of carbonyl (C=O) groups is 1. The average Bonchev–Trinajstić information content (AvgIpc) is 2.97. The molecule has 2 aromatic rings. The van der Waals surface area contributed by atoms with Gasteiger partial charge in [-0.3, -0.25) is 0 Å². The summed E-state index contributed by atoms with van der Waals surface area (Å²) >= 11 is 0. The van der Waals surface area contributed by atoms with Gasteiger partial charge in [0.2, 0.25) is 0 Å². The zero-order chi connectivity index (χ0) is 19.0. The number of esters is 1. The first-order valence-corrected chi connectivity index (χ1v) is 8.89. The second kappa shape index (κ2) is 8.01. The standard InChI is InChI=1S/C20H19F3N2O2.ClH/c21-20(22,23)17-4-2-1-3-13(17)11-18-15-6-5-14(12-16(15)19(26)27-18)25-9-7-24-8-10-25;/h1-6,12,18,24H,7-11H2;1H. The van der Waals surface area contributed by atoms with Gasteiger partial charge in [-0.2, -0.15) is 13.2 Å². The molecule has 1 N–H and O–H groups in total. The number of ether oxygens (including phenoxy) is 1. The SMILES string of the molecule is Cl.O=C1OC(Cc2ccccc2C(F)(F)F)c2ccc(N3CCNCC3)cc21. The van der Waals surface area contributed by atoms with Gasteiger partial charge in [-0.15, -0.1) is 12.4 Å². The second-order valence-corrected chi connectivity index (χ2v) is 6.76. The highest BCUT2D eigenvalue weighted by Crippen LogP contribution is 2.38. The first-order valence-electron chi connectivity index (χ1n) is 8.89. The molecule has 150 valence electrons. The molecule has 0 bridgehead atoms. The van der Waals surface area contributed by atoms with Crippen molar-refractivity contribution < 1.29 is 22.7 Å². The van der Waals surface area contributed by atoms with Crippen molar-refractivity contribution >= 4 is 24.1 Å². The molecule has 1 atom stereocenters. The summed E-state index contributed by atoms with van der Waals surface area (Å²) in [5.41, 5.74) is 1.47. The van der Waals surface area contributed by atoms with Gasteiger partial charge in [0.1, 0.15) is 6.10 Å². The van der Waals surface area contributed by atoms with E-state index in [1.807, 2.05) is 6.07 Å². The normalized spacial score (nSPS) is 19.0. The monoisotopic (exact) mass is 412 g/mol. The van der Waals surface area contributed by atoms with Gasteiger partial charge >= 0.3 is 12.1 Å². The lowest BCUT2D eigenvalue weighted by molar-refractivity contribution is -0.138. The van der Waals surface area contributed by atoms with Crippen LogP contribution in [0.1, 0.15) is 33.2 Å². The highest BCUT2D eigenvalue weighted by Gasteiger charge is 2.36. The molecule has 2 heterocycles.